The van der Waals surface area contributed by atoms with Crippen molar-refractivity contribution in [3.63, 3.8) is 0 Å². The lowest BCUT2D eigenvalue weighted by atomic mass is 9.99. The van der Waals surface area contributed by atoms with E-state index < -0.39 is 6.10 Å². The first-order chi connectivity index (χ1) is 10.1. The largest absolute Gasteiger partial charge is 0.396 e. The van der Waals surface area contributed by atoms with Crippen molar-refractivity contribution < 1.29 is 10.2 Å². The van der Waals surface area contributed by atoms with Crippen LogP contribution in [-0.2, 0) is 0 Å². The molecule has 2 aromatic carbocycles. The average molecular weight is 325 g/mol. The highest BCUT2D eigenvalue weighted by atomic mass is 35.5. The minimum absolute atomic E-state index is 0.167. The zero-order valence-electron chi connectivity index (χ0n) is 11.6. The summed E-state index contributed by atoms with van der Waals surface area (Å²) in [6, 6.07) is 13.1. The van der Waals surface area contributed by atoms with Gasteiger partial charge >= 0.3 is 0 Å². The molecular formula is C17H18Cl2O2. The predicted octanol–water partition coefficient (Wildman–Crippen LogP) is 4.86. The molecule has 4 heteroatoms. The van der Waals surface area contributed by atoms with Crippen LogP contribution in [0, 0.1) is 0 Å². The first kappa shape index (κ1) is 16.3. The van der Waals surface area contributed by atoms with Gasteiger partial charge < -0.3 is 10.2 Å². The van der Waals surface area contributed by atoms with E-state index in [2.05, 4.69) is 0 Å². The van der Waals surface area contributed by atoms with Crippen LogP contribution in [0.2, 0.25) is 10.0 Å². The molecule has 2 rings (SSSR count). The number of aliphatic hydroxyl groups is 2. The van der Waals surface area contributed by atoms with Crippen molar-refractivity contribution in [2.45, 2.75) is 25.4 Å². The molecule has 0 unspecified atom stereocenters. The van der Waals surface area contributed by atoms with Crippen molar-refractivity contribution >= 4 is 23.2 Å². The fraction of sp³-hybridized carbons (Fsp3) is 0.294. The summed E-state index contributed by atoms with van der Waals surface area (Å²) >= 11 is 12.1. The molecule has 0 aliphatic heterocycles. The molecule has 0 bridgehead atoms. The Bertz CT molecular complexity index is 582. The van der Waals surface area contributed by atoms with Crippen LogP contribution in [-0.4, -0.2) is 16.8 Å². The molecule has 0 heterocycles. The normalized spacial score (nSPS) is 12.4. The molecule has 1 atom stereocenters. The number of unbranched alkanes of at least 4 members (excludes halogenated alkanes) is 1. The van der Waals surface area contributed by atoms with E-state index in [1.165, 1.54) is 0 Å². The van der Waals surface area contributed by atoms with Crippen molar-refractivity contribution in [3.05, 3.63) is 58.1 Å². The molecule has 0 aliphatic carbocycles. The minimum atomic E-state index is -0.494. The Labute approximate surface area is 135 Å². The van der Waals surface area contributed by atoms with Gasteiger partial charge in [0.1, 0.15) is 0 Å². The molecule has 0 spiro atoms. The Morgan fingerprint density at radius 1 is 0.952 bits per heavy atom. The fourth-order valence-corrected chi connectivity index (χ4v) is 2.74. The molecule has 0 radical (unpaired) electrons. The number of benzene rings is 2. The van der Waals surface area contributed by atoms with Gasteiger partial charge in [-0.1, -0.05) is 53.5 Å². The highest BCUT2D eigenvalue weighted by molar-refractivity contribution is 6.36. The van der Waals surface area contributed by atoms with Gasteiger partial charge in [-0.15, -0.1) is 0 Å². The van der Waals surface area contributed by atoms with Crippen molar-refractivity contribution in [2.75, 3.05) is 6.61 Å². The van der Waals surface area contributed by atoms with E-state index in [1.54, 1.807) is 12.1 Å². The van der Waals surface area contributed by atoms with Crippen molar-refractivity contribution in [1.82, 2.24) is 0 Å². The highest BCUT2D eigenvalue weighted by Crippen LogP contribution is 2.31. The third-order valence-corrected chi connectivity index (χ3v) is 3.97. The molecule has 0 saturated heterocycles. The SMILES string of the molecule is OCCCC[C@@H](O)c1ccc(-c2ccc(Cl)cc2Cl)cc1. The summed E-state index contributed by atoms with van der Waals surface area (Å²) in [5, 5.41) is 20.0. The lowest BCUT2D eigenvalue weighted by Crippen LogP contribution is -1.98. The average Bonchev–Trinajstić information content (AvgIpc) is 2.48. The highest BCUT2D eigenvalue weighted by Gasteiger charge is 2.09. The monoisotopic (exact) mass is 324 g/mol. The Morgan fingerprint density at radius 2 is 1.67 bits per heavy atom. The molecule has 0 amide bonds. The van der Waals surface area contributed by atoms with Gasteiger partial charge in [-0.25, -0.2) is 0 Å². The third-order valence-electron chi connectivity index (χ3n) is 3.42. The zero-order chi connectivity index (χ0) is 15.2. The lowest BCUT2D eigenvalue weighted by molar-refractivity contribution is 0.159. The zero-order valence-corrected chi connectivity index (χ0v) is 13.1. The summed E-state index contributed by atoms with van der Waals surface area (Å²) < 4.78 is 0. The molecule has 0 saturated carbocycles. The van der Waals surface area contributed by atoms with Gasteiger partial charge in [0.2, 0.25) is 0 Å². The Hall–Kier alpha value is -1.06. The second kappa shape index (κ2) is 7.81. The molecule has 21 heavy (non-hydrogen) atoms. The number of aliphatic hydroxyl groups excluding tert-OH is 2. The van der Waals surface area contributed by atoms with E-state index in [0.717, 1.165) is 29.5 Å². The quantitative estimate of drug-likeness (QED) is 0.745. The maximum Gasteiger partial charge on any atom is 0.0790 e. The maximum absolute atomic E-state index is 10.1. The number of rotatable bonds is 6. The van der Waals surface area contributed by atoms with E-state index >= 15 is 0 Å². The van der Waals surface area contributed by atoms with Gasteiger partial charge in [0, 0.05) is 22.2 Å². The summed E-state index contributed by atoms with van der Waals surface area (Å²) in [5.41, 5.74) is 2.78. The first-order valence-corrected chi connectivity index (χ1v) is 7.71. The first-order valence-electron chi connectivity index (χ1n) is 6.96. The number of hydrogen-bond donors (Lipinski definition) is 2. The van der Waals surface area contributed by atoms with Crippen LogP contribution in [0.4, 0.5) is 0 Å². The molecule has 2 N–H and O–H groups in total. The van der Waals surface area contributed by atoms with E-state index in [-0.39, 0.29) is 6.61 Å². The van der Waals surface area contributed by atoms with E-state index in [4.69, 9.17) is 28.3 Å². The Morgan fingerprint density at radius 3 is 2.29 bits per heavy atom. The molecule has 0 aromatic heterocycles. The second-order valence-electron chi connectivity index (χ2n) is 4.98. The maximum atomic E-state index is 10.1. The lowest BCUT2D eigenvalue weighted by Gasteiger charge is -2.12. The van der Waals surface area contributed by atoms with Crippen LogP contribution in [0.1, 0.15) is 30.9 Å². The number of halogens is 2. The molecule has 0 fully saturated rings. The van der Waals surface area contributed by atoms with Crippen LogP contribution in [0.25, 0.3) is 11.1 Å². The minimum Gasteiger partial charge on any atom is -0.396 e. The standard InChI is InChI=1S/C17H18Cl2O2/c18-14-8-9-15(16(19)11-14)12-4-6-13(7-5-12)17(21)3-1-2-10-20/h4-9,11,17,20-21H,1-3,10H2/t17-/m1/s1. The summed E-state index contributed by atoms with van der Waals surface area (Å²) in [5.74, 6) is 0. The number of hydrogen-bond acceptors (Lipinski definition) is 2. The molecule has 0 aliphatic rings. The van der Waals surface area contributed by atoms with Crippen LogP contribution in [0.3, 0.4) is 0 Å². The van der Waals surface area contributed by atoms with Gasteiger partial charge in [0.25, 0.3) is 0 Å². The second-order valence-corrected chi connectivity index (χ2v) is 5.82. The topological polar surface area (TPSA) is 40.5 Å². The van der Waals surface area contributed by atoms with E-state index in [9.17, 15) is 5.11 Å². The van der Waals surface area contributed by atoms with Gasteiger partial charge in [-0.2, -0.15) is 0 Å². The van der Waals surface area contributed by atoms with Crippen molar-refractivity contribution in [1.29, 1.82) is 0 Å². The van der Waals surface area contributed by atoms with Gasteiger partial charge in [0.15, 0.2) is 0 Å². The molecule has 2 nitrogen and oxygen atoms in total. The van der Waals surface area contributed by atoms with Crippen LogP contribution in [0.5, 0.6) is 0 Å². The summed E-state index contributed by atoms with van der Waals surface area (Å²) in [7, 11) is 0. The van der Waals surface area contributed by atoms with Crippen LogP contribution >= 0.6 is 23.2 Å². The van der Waals surface area contributed by atoms with Crippen molar-refractivity contribution in [2.24, 2.45) is 0 Å². The van der Waals surface area contributed by atoms with Crippen LogP contribution in [0.15, 0.2) is 42.5 Å². The summed E-state index contributed by atoms with van der Waals surface area (Å²) in [6.45, 7) is 0.167. The fourth-order valence-electron chi connectivity index (χ4n) is 2.22. The molecule has 2 aromatic rings. The van der Waals surface area contributed by atoms with Gasteiger partial charge in [-0.3, -0.25) is 0 Å². The Kier molecular flexibility index (Phi) is 6.07. The van der Waals surface area contributed by atoms with E-state index in [0.29, 0.717) is 16.5 Å². The molecular weight excluding hydrogens is 307 g/mol. The van der Waals surface area contributed by atoms with Gasteiger partial charge in [0.05, 0.1) is 6.10 Å². The smallest absolute Gasteiger partial charge is 0.0790 e. The van der Waals surface area contributed by atoms with Crippen molar-refractivity contribution in [3.8, 4) is 11.1 Å². The summed E-state index contributed by atoms with van der Waals surface area (Å²) in [6.07, 6.45) is 1.69. The van der Waals surface area contributed by atoms with Crippen LogP contribution < -0.4 is 0 Å². The predicted molar refractivity (Wildman–Crippen MR) is 87.8 cm³/mol. The molecule has 112 valence electrons. The Balaban J connectivity index is 2.11. The van der Waals surface area contributed by atoms with E-state index in [1.807, 2.05) is 30.3 Å². The summed E-state index contributed by atoms with van der Waals surface area (Å²) in [4.78, 5) is 0. The van der Waals surface area contributed by atoms with Gasteiger partial charge in [-0.05, 0) is 42.5 Å². The third kappa shape index (κ3) is 4.45.